The lowest BCUT2D eigenvalue weighted by Crippen LogP contribution is -2.30. The number of ether oxygens (including phenoxy) is 1. The van der Waals surface area contributed by atoms with Crippen molar-refractivity contribution in [3.05, 3.63) is 65.1 Å². The second-order valence-corrected chi connectivity index (χ2v) is 9.57. The Labute approximate surface area is 206 Å². The van der Waals surface area contributed by atoms with Crippen LogP contribution in [0.15, 0.2) is 42.5 Å². The molecule has 1 aromatic carbocycles. The predicted molar refractivity (Wildman–Crippen MR) is 132 cm³/mol. The highest BCUT2D eigenvalue weighted by molar-refractivity contribution is 7.19. The minimum atomic E-state index is -0.670. The summed E-state index contributed by atoms with van der Waals surface area (Å²) in [4.78, 5) is 31.6. The lowest BCUT2D eigenvalue weighted by atomic mass is 10.0. The third-order valence-electron chi connectivity index (χ3n) is 5.80. The average molecular weight is 499 g/mol. The van der Waals surface area contributed by atoms with E-state index in [-0.39, 0.29) is 23.3 Å². The van der Waals surface area contributed by atoms with Crippen molar-refractivity contribution >= 4 is 34.0 Å². The van der Waals surface area contributed by atoms with Crippen LogP contribution in [0.5, 0.6) is 0 Å². The molecule has 1 saturated heterocycles. The first-order valence-corrected chi connectivity index (χ1v) is 12.0. The van der Waals surface area contributed by atoms with Gasteiger partial charge in [0.05, 0.1) is 17.8 Å². The summed E-state index contributed by atoms with van der Waals surface area (Å²) in [6.07, 6.45) is 0.549. The molecule has 0 aliphatic carbocycles. The second kappa shape index (κ2) is 10.5. The lowest BCUT2D eigenvalue weighted by Gasteiger charge is -2.16. The number of likely N-dealkylation sites (tertiary alicyclic amines) is 1. The van der Waals surface area contributed by atoms with Crippen molar-refractivity contribution < 1.29 is 23.8 Å². The Morgan fingerprint density at radius 3 is 2.80 bits per heavy atom. The molecule has 4 N–H and O–H groups in total. The molecule has 3 aromatic rings. The van der Waals surface area contributed by atoms with Gasteiger partial charge in [0, 0.05) is 30.6 Å². The maximum Gasteiger partial charge on any atom is 0.272 e. The Morgan fingerprint density at radius 2 is 2.14 bits per heavy atom. The third kappa shape index (κ3) is 5.67. The summed E-state index contributed by atoms with van der Waals surface area (Å²) in [5.74, 6) is -0.967. The Morgan fingerprint density at radius 1 is 1.34 bits per heavy atom. The lowest BCUT2D eigenvalue weighted by molar-refractivity contribution is 0.0719. The number of nitrogens with zero attached hydrogens (tertiary/aromatic N) is 2. The number of rotatable bonds is 8. The monoisotopic (exact) mass is 498 g/mol. The van der Waals surface area contributed by atoms with Gasteiger partial charge in [0.1, 0.15) is 22.3 Å². The molecule has 0 radical (unpaired) electrons. The molecule has 4 rings (SSSR count). The summed E-state index contributed by atoms with van der Waals surface area (Å²) in [6, 6.07) is 11.3. The van der Waals surface area contributed by atoms with Gasteiger partial charge >= 0.3 is 0 Å². The van der Waals surface area contributed by atoms with Crippen molar-refractivity contribution in [1.29, 1.82) is 0 Å². The number of hydrogen-bond donors (Lipinski definition) is 3. The minimum Gasteiger partial charge on any atom is -0.393 e. The summed E-state index contributed by atoms with van der Waals surface area (Å²) >= 11 is 1.16. The number of aliphatic hydroxyl groups is 1. The van der Waals surface area contributed by atoms with Crippen LogP contribution in [-0.2, 0) is 11.2 Å². The fourth-order valence-corrected chi connectivity index (χ4v) is 5.13. The summed E-state index contributed by atoms with van der Waals surface area (Å²) < 4.78 is 20.2. The number of carbonyl (C=O) groups excluding carboxylic acids is 2. The van der Waals surface area contributed by atoms with E-state index in [9.17, 15) is 19.1 Å². The Hall–Kier alpha value is -3.34. The van der Waals surface area contributed by atoms with E-state index in [1.54, 1.807) is 49.3 Å². The van der Waals surface area contributed by atoms with E-state index in [0.29, 0.717) is 46.3 Å². The molecule has 2 aromatic heterocycles. The molecule has 1 fully saturated rings. The molecule has 1 unspecified atom stereocenters. The minimum absolute atomic E-state index is 0.0180. The van der Waals surface area contributed by atoms with Gasteiger partial charge in [0.2, 0.25) is 0 Å². The molecule has 184 valence electrons. The molecule has 10 heteroatoms. The van der Waals surface area contributed by atoms with Gasteiger partial charge in [0.25, 0.3) is 11.8 Å². The van der Waals surface area contributed by atoms with Gasteiger partial charge in [-0.15, -0.1) is 11.3 Å². The first kappa shape index (κ1) is 24.8. The molecule has 2 amide bonds. The Balaban J connectivity index is 1.58. The first-order valence-electron chi connectivity index (χ1n) is 11.2. The number of hydrogen-bond acceptors (Lipinski definition) is 7. The van der Waals surface area contributed by atoms with Crippen LogP contribution in [0.2, 0.25) is 0 Å². The van der Waals surface area contributed by atoms with E-state index in [1.807, 2.05) is 0 Å². The molecule has 0 saturated carbocycles. The van der Waals surface area contributed by atoms with Crippen LogP contribution in [0, 0.1) is 5.82 Å². The van der Waals surface area contributed by atoms with Crippen molar-refractivity contribution in [2.45, 2.75) is 32.0 Å². The molecule has 35 heavy (non-hydrogen) atoms. The molecule has 1 aliphatic heterocycles. The number of thiophene rings is 1. The number of nitrogens with one attached hydrogen (secondary N) is 1. The highest BCUT2D eigenvalue weighted by atomic mass is 32.1. The van der Waals surface area contributed by atoms with Crippen molar-refractivity contribution in [3.63, 3.8) is 0 Å². The van der Waals surface area contributed by atoms with Crippen LogP contribution < -0.4 is 11.1 Å². The van der Waals surface area contributed by atoms with Gasteiger partial charge in [-0.05, 0) is 49.6 Å². The number of methoxy groups -OCH3 is 1. The summed E-state index contributed by atoms with van der Waals surface area (Å²) in [6.45, 7) is 2.74. The molecule has 2 atom stereocenters. The fourth-order valence-electron chi connectivity index (χ4n) is 4.03. The van der Waals surface area contributed by atoms with Gasteiger partial charge in [0.15, 0.2) is 0 Å². The quantitative estimate of drug-likeness (QED) is 0.437. The van der Waals surface area contributed by atoms with E-state index in [4.69, 9.17) is 10.5 Å². The molecule has 8 nitrogen and oxygen atoms in total. The fraction of sp³-hybridized carbons (Fsp3) is 0.320. The molecular formula is C25H27FN4O4S. The van der Waals surface area contributed by atoms with E-state index in [1.165, 1.54) is 12.1 Å². The second-order valence-electron chi connectivity index (χ2n) is 8.52. The third-order valence-corrected chi connectivity index (χ3v) is 6.89. The van der Waals surface area contributed by atoms with E-state index >= 15 is 0 Å². The first-order chi connectivity index (χ1) is 16.7. The van der Waals surface area contributed by atoms with Crippen LogP contribution in [0.1, 0.15) is 39.8 Å². The van der Waals surface area contributed by atoms with Gasteiger partial charge in [-0.3, -0.25) is 9.59 Å². The van der Waals surface area contributed by atoms with Crippen LogP contribution in [0.4, 0.5) is 15.2 Å². The number of halogens is 1. The van der Waals surface area contributed by atoms with Gasteiger partial charge in [-0.25, -0.2) is 9.37 Å². The van der Waals surface area contributed by atoms with Crippen LogP contribution in [-0.4, -0.2) is 59.2 Å². The van der Waals surface area contributed by atoms with Crippen molar-refractivity contribution in [2.75, 3.05) is 25.5 Å². The molecule has 0 spiro atoms. The van der Waals surface area contributed by atoms with Crippen LogP contribution in [0.3, 0.4) is 0 Å². The van der Waals surface area contributed by atoms with Gasteiger partial charge < -0.3 is 25.8 Å². The molecule has 1 aliphatic rings. The number of nitrogens with two attached hydrogens (primary N) is 1. The normalized spacial score (nSPS) is 16.3. The Kier molecular flexibility index (Phi) is 7.44. The van der Waals surface area contributed by atoms with E-state index in [2.05, 4.69) is 10.3 Å². The zero-order valence-corrected chi connectivity index (χ0v) is 20.3. The number of primary amides is 1. The maximum absolute atomic E-state index is 14.8. The molecule has 0 bridgehead atoms. The van der Waals surface area contributed by atoms with Crippen molar-refractivity contribution in [2.24, 2.45) is 5.73 Å². The number of benzene rings is 1. The summed E-state index contributed by atoms with van der Waals surface area (Å²) in [5, 5.41) is 13.0. The standard InChI is InChI=1S/C25H27FN4O4S/c1-14(31)10-15-6-7-17(19(26)11-15)21-12-18(23(27)32)24(35-21)29-22-5-3-4-20(28-22)25(33)30-9-8-16(13-30)34-2/h3-7,11-12,14,16,31H,8-10,13H2,1-2H3,(H2,27,32)(H,28,29)/t14?,16-/m1/s1. The average Bonchev–Trinajstić information content (AvgIpc) is 3.46. The molecular weight excluding hydrogens is 471 g/mol. The number of aromatic nitrogens is 1. The van der Waals surface area contributed by atoms with Crippen LogP contribution in [0.25, 0.3) is 10.4 Å². The van der Waals surface area contributed by atoms with Gasteiger partial charge in [-0.2, -0.15) is 0 Å². The maximum atomic E-state index is 14.8. The van der Waals surface area contributed by atoms with Crippen molar-refractivity contribution in [1.82, 2.24) is 9.88 Å². The summed E-state index contributed by atoms with van der Waals surface area (Å²) in [7, 11) is 1.63. The Bertz CT molecular complexity index is 1250. The largest absolute Gasteiger partial charge is 0.393 e. The number of aliphatic hydroxyl groups excluding tert-OH is 1. The predicted octanol–water partition coefficient (Wildman–Crippen LogP) is 3.58. The highest BCUT2D eigenvalue weighted by Crippen LogP contribution is 2.38. The number of amides is 2. The zero-order chi connectivity index (χ0) is 25.1. The topological polar surface area (TPSA) is 118 Å². The molecule has 3 heterocycles. The van der Waals surface area contributed by atoms with Gasteiger partial charge in [-0.1, -0.05) is 18.2 Å². The van der Waals surface area contributed by atoms with Crippen LogP contribution >= 0.6 is 11.3 Å². The van der Waals surface area contributed by atoms with E-state index < -0.39 is 17.8 Å². The number of pyridine rings is 1. The summed E-state index contributed by atoms with van der Waals surface area (Å²) in [5.41, 5.74) is 7.03. The smallest absolute Gasteiger partial charge is 0.272 e. The number of carbonyl (C=O) groups is 2. The number of anilines is 2. The van der Waals surface area contributed by atoms with E-state index in [0.717, 1.165) is 17.8 Å². The SMILES string of the molecule is CO[C@@H]1CCN(C(=O)c2cccc(Nc3sc(-c4ccc(CC(C)O)cc4F)cc3C(N)=O)n2)C1. The highest BCUT2D eigenvalue weighted by Gasteiger charge is 2.27. The van der Waals surface area contributed by atoms with Crippen molar-refractivity contribution in [3.8, 4) is 10.4 Å². The zero-order valence-electron chi connectivity index (χ0n) is 19.5.